The molecule has 1 aromatic heterocycles. The zero-order valence-electron chi connectivity index (χ0n) is 12.6. The van der Waals surface area contributed by atoms with Crippen molar-refractivity contribution < 1.29 is 10.0 Å². The van der Waals surface area contributed by atoms with Gasteiger partial charge in [0.05, 0.1) is 4.88 Å². The molecule has 5 nitrogen and oxygen atoms in total. The van der Waals surface area contributed by atoms with E-state index >= 15 is 0 Å². The summed E-state index contributed by atoms with van der Waals surface area (Å²) in [5.74, 6) is 0.624. The van der Waals surface area contributed by atoms with Crippen molar-refractivity contribution in [2.75, 3.05) is 0 Å². The van der Waals surface area contributed by atoms with Gasteiger partial charge in [0, 0.05) is 4.88 Å². The van der Waals surface area contributed by atoms with Gasteiger partial charge in [0.1, 0.15) is 5.54 Å². The summed E-state index contributed by atoms with van der Waals surface area (Å²) in [4.78, 5) is 14.2. The van der Waals surface area contributed by atoms with E-state index in [0.717, 1.165) is 37.0 Å². The molecule has 116 valence electrons. The molecule has 21 heavy (non-hydrogen) atoms. The second kappa shape index (κ2) is 6.47. The predicted molar refractivity (Wildman–Crippen MR) is 84.9 cm³/mol. The van der Waals surface area contributed by atoms with Crippen LogP contribution in [0.3, 0.4) is 0 Å². The predicted octanol–water partition coefficient (Wildman–Crippen LogP) is 2.87. The highest BCUT2D eigenvalue weighted by Gasteiger charge is 2.40. The Morgan fingerprint density at radius 1 is 1.52 bits per heavy atom. The molecule has 0 aliphatic heterocycles. The lowest BCUT2D eigenvalue weighted by Gasteiger charge is -2.39. The lowest BCUT2D eigenvalue weighted by molar-refractivity contribution is 0.0899. The van der Waals surface area contributed by atoms with Gasteiger partial charge in [-0.3, -0.25) is 4.79 Å². The summed E-state index contributed by atoms with van der Waals surface area (Å²) in [7, 11) is 0. The molecule has 0 bridgehead atoms. The third kappa shape index (κ3) is 3.37. The molecule has 1 saturated carbocycles. The number of amides is 1. The minimum absolute atomic E-state index is 0.110. The van der Waals surface area contributed by atoms with E-state index in [1.54, 1.807) is 0 Å². The number of nitrogens with two attached hydrogens (primary N) is 1. The van der Waals surface area contributed by atoms with Crippen LogP contribution in [0, 0.1) is 12.8 Å². The van der Waals surface area contributed by atoms with Crippen molar-refractivity contribution in [3.8, 4) is 0 Å². The number of nitrogens with zero attached hydrogens (tertiary/aromatic N) is 1. The molecule has 1 aromatic rings. The zero-order chi connectivity index (χ0) is 15.5. The van der Waals surface area contributed by atoms with Gasteiger partial charge in [-0.25, -0.2) is 0 Å². The van der Waals surface area contributed by atoms with Gasteiger partial charge in [0.25, 0.3) is 5.91 Å². The van der Waals surface area contributed by atoms with Crippen LogP contribution in [0.4, 0.5) is 0 Å². The molecule has 0 radical (unpaired) electrons. The van der Waals surface area contributed by atoms with Crippen molar-refractivity contribution in [3.05, 3.63) is 21.9 Å². The van der Waals surface area contributed by atoms with Gasteiger partial charge >= 0.3 is 0 Å². The number of thiophene rings is 1. The Morgan fingerprint density at radius 2 is 2.19 bits per heavy atom. The van der Waals surface area contributed by atoms with E-state index in [-0.39, 0.29) is 11.7 Å². The largest absolute Gasteiger partial charge is 0.409 e. The van der Waals surface area contributed by atoms with Crippen LogP contribution < -0.4 is 11.1 Å². The van der Waals surface area contributed by atoms with E-state index in [2.05, 4.69) is 17.4 Å². The van der Waals surface area contributed by atoms with Crippen molar-refractivity contribution in [2.24, 2.45) is 16.8 Å². The standard InChI is InChI=1S/C15H23N3O2S/c1-3-11-6-8-15(9-7-11,14(16)18-20)17-13(19)12-5-4-10(2)21-12/h4-5,11,20H,3,6-9H2,1-2H3,(H2,16,18)(H,17,19). The summed E-state index contributed by atoms with van der Waals surface area (Å²) in [5.41, 5.74) is 5.18. The maximum atomic E-state index is 12.4. The first-order valence-corrected chi connectivity index (χ1v) is 8.19. The molecule has 4 N–H and O–H groups in total. The van der Waals surface area contributed by atoms with Crippen LogP contribution in [0.2, 0.25) is 0 Å². The summed E-state index contributed by atoms with van der Waals surface area (Å²) >= 11 is 1.45. The van der Waals surface area contributed by atoms with Crippen molar-refractivity contribution in [1.29, 1.82) is 0 Å². The Bertz CT molecular complexity index is 531. The van der Waals surface area contributed by atoms with E-state index in [4.69, 9.17) is 10.9 Å². The van der Waals surface area contributed by atoms with Crippen LogP contribution in [0.5, 0.6) is 0 Å². The SMILES string of the molecule is CCC1CCC(NC(=O)c2ccc(C)s2)(/C(N)=N/O)CC1. The highest BCUT2D eigenvalue weighted by molar-refractivity contribution is 7.13. The fourth-order valence-corrected chi connectivity index (χ4v) is 3.72. The molecule has 6 heteroatoms. The Hall–Kier alpha value is -1.56. The van der Waals surface area contributed by atoms with Gasteiger partial charge in [-0.1, -0.05) is 18.5 Å². The van der Waals surface area contributed by atoms with Crippen LogP contribution in [0.1, 0.15) is 53.6 Å². The number of oxime groups is 1. The van der Waals surface area contributed by atoms with Crippen LogP contribution in [0.25, 0.3) is 0 Å². The molecule has 2 rings (SSSR count). The first-order valence-electron chi connectivity index (χ1n) is 7.37. The van der Waals surface area contributed by atoms with Crippen molar-refractivity contribution in [3.63, 3.8) is 0 Å². The average Bonchev–Trinajstić information content (AvgIpc) is 2.93. The first-order chi connectivity index (χ1) is 10.0. The quantitative estimate of drug-likeness (QED) is 0.346. The fourth-order valence-electron chi connectivity index (χ4n) is 2.96. The molecular formula is C15H23N3O2S. The Kier molecular flexibility index (Phi) is 4.88. The lowest BCUT2D eigenvalue weighted by atomic mass is 9.75. The van der Waals surface area contributed by atoms with Crippen LogP contribution >= 0.6 is 11.3 Å². The Morgan fingerprint density at radius 3 is 2.67 bits per heavy atom. The van der Waals surface area contributed by atoms with E-state index in [0.29, 0.717) is 10.8 Å². The minimum Gasteiger partial charge on any atom is -0.409 e. The average molecular weight is 309 g/mol. The Balaban J connectivity index is 2.16. The summed E-state index contributed by atoms with van der Waals surface area (Å²) < 4.78 is 0. The molecule has 0 unspecified atom stereocenters. The second-order valence-corrected chi connectivity index (χ2v) is 7.07. The highest BCUT2D eigenvalue weighted by atomic mass is 32.1. The Labute approximate surface area is 129 Å². The summed E-state index contributed by atoms with van der Waals surface area (Å²) in [6, 6.07) is 3.73. The molecule has 0 spiro atoms. The third-order valence-corrected chi connectivity index (χ3v) is 5.45. The van der Waals surface area contributed by atoms with Gasteiger partial charge < -0.3 is 16.3 Å². The molecule has 1 heterocycles. The van der Waals surface area contributed by atoms with Crippen LogP contribution in [0.15, 0.2) is 17.3 Å². The number of carbonyl (C=O) groups is 1. The monoisotopic (exact) mass is 309 g/mol. The first kappa shape index (κ1) is 15.8. The summed E-state index contributed by atoms with van der Waals surface area (Å²) in [6.45, 7) is 4.14. The maximum absolute atomic E-state index is 12.4. The molecular weight excluding hydrogens is 286 g/mol. The number of amidine groups is 1. The van der Waals surface area contributed by atoms with Gasteiger partial charge in [-0.15, -0.1) is 11.3 Å². The van der Waals surface area contributed by atoms with E-state index < -0.39 is 5.54 Å². The highest BCUT2D eigenvalue weighted by Crippen LogP contribution is 2.34. The molecule has 1 amide bonds. The van der Waals surface area contributed by atoms with Crippen molar-refractivity contribution in [2.45, 2.75) is 51.5 Å². The summed E-state index contributed by atoms with van der Waals surface area (Å²) in [5, 5.41) is 15.3. The number of hydrogen-bond donors (Lipinski definition) is 3. The smallest absolute Gasteiger partial charge is 0.262 e. The molecule has 1 aliphatic rings. The van der Waals surface area contributed by atoms with Crippen molar-refractivity contribution >= 4 is 23.1 Å². The second-order valence-electron chi connectivity index (χ2n) is 5.78. The van der Waals surface area contributed by atoms with Gasteiger partial charge in [-0.2, -0.15) is 0 Å². The normalized spacial score (nSPS) is 26.6. The number of nitrogens with one attached hydrogen (secondary N) is 1. The number of aryl methyl sites for hydroxylation is 1. The molecule has 0 atom stereocenters. The maximum Gasteiger partial charge on any atom is 0.262 e. The third-order valence-electron chi connectivity index (χ3n) is 4.45. The number of hydrogen-bond acceptors (Lipinski definition) is 4. The van der Waals surface area contributed by atoms with E-state index in [1.807, 2.05) is 19.1 Å². The zero-order valence-corrected chi connectivity index (χ0v) is 13.4. The van der Waals surface area contributed by atoms with Gasteiger partial charge in [0.15, 0.2) is 5.84 Å². The summed E-state index contributed by atoms with van der Waals surface area (Å²) in [6.07, 6.45) is 4.53. The topological polar surface area (TPSA) is 87.7 Å². The minimum atomic E-state index is -0.713. The van der Waals surface area contributed by atoms with Gasteiger partial charge in [0.2, 0.25) is 0 Å². The number of rotatable bonds is 4. The lowest BCUT2D eigenvalue weighted by Crippen LogP contribution is -2.59. The molecule has 1 fully saturated rings. The van der Waals surface area contributed by atoms with E-state index in [1.165, 1.54) is 11.3 Å². The number of carbonyl (C=O) groups excluding carboxylic acids is 1. The van der Waals surface area contributed by atoms with Crippen LogP contribution in [-0.2, 0) is 0 Å². The fraction of sp³-hybridized carbons (Fsp3) is 0.600. The molecule has 0 aromatic carbocycles. The molecule has 1 aliphatic carbocycles. The van der Waals surface area contributed by atoms with Crippen LogP contribution in [-0.4, -0.2) is 22.5 Å². The molecule has 0 saturated heterocycles. The van der Waals surface area contributed by atoms with Crippen molar-refractivity contribution in [1.82, 2.24) is 5.32 Å². The van der Waals surface area contributed by atoms with Gasteiger partial charge in [-0.05, 0) is 50.7 Å². The van der Waals surface area contributed by atoms with E-state index in [9.17, 15) is 4.79 Å².